The van der Waals surface area contributed by atoms with E-state index in [1.54, 1.807) is 0 Å². The first-order valence-electron chi connectivity index (χ1n) is 12.6. The van der Waals surface area contributed by atoms with Gasteiger partial charge in [0.25, 0.3) is 0 Å². The Morgan fingerprint density at radius 2 is 1.62 bits per heavy atom. The molecule has 0 aliphatic carbocycles. The topological polar surface area (TPSA) is 72.7 Å². The van der Waals surface area contributed by atoms with Gasteiger partial charge < -0.3 is 5.32 Å². The minimum absolute atomic E-state index is 0.105. The van der Waals surface area contributed by atoms with Crippen molar-refractivity contribution in [3.63, 3.8) is 0 Å². The summed E-state index contributed by atoms with van der Waals surface area (Å²) in [6.07, 6.45) is 1.81. The van der Waals surface area contributed by atoms with Gasteiger partial charge >= 0.3 is 0 Å². The fourth-order valence-corrected chi connectivity index (χ4v) is 5.40. The summed E-state index contributed by atoms with van der Waals surface area (Å²) in [6.45, 7) is 4.45. The van der Waals surface area contributed by atoms with Gasteiger partial charge in [0.05, 0.1) is 17.0 Å². The second-order valence-corrected chi connectivity index (χ2v) is 9.95. The first-order valence-corrected chi connectivity index (χ1v) is 13.6. The third kappa shape index (κ3) is 5.04. The Morgan fingerprint density at radius 1 is 0.872 bits per heavy atom. The summed E-state index contributed by atoms with van der Waals surface area (Å²) in [7, 11) is 0. The molecule has 6 rings (SSSR count). The highest BCUT2D eigenvalue weighted by Gasteiger charge is 2.19. The van der Waals surface area contributed by atoms with Crippen molar-refractivity contribution in [1.29, 1.82) is 0 Å². The van der Waals surface area contributed by atoms with Gasteiger partial charge in [-0.25, -0.2) is 4.98 Å². The van der Waals surface area contributed by atoms with E-state index in [0.29, 0.717) is 17.5 Å². The summed E-state index contributed by atoms with van der Waals surface area (Å²) in [4.78, 5) is 17.8. The molecule has 0 saturated carbocycles. The summed E-state index contributed by atoms with van der Waals surface area (Å²) in [6, 6.07) is 34.1. The molecule has 0 atom stereocenters. The second kappa shape index (κ2) is 10.9. The van der Waals surface area contributed by atoms with Gasteiger partial charge in [-0.05, 0) is 23.6 Å². The highest BCUT2D eigenvalue weighted by molar-refractivity contribution is 7.99. The zero-order valence-corrected chi connectivity index (χ0v) is 21.9. The Hall–Kier alpha value is -4.75. The molecule has 190 valence electrons. The van der Waals surface area contributed by atoms with E-state index in [1.807, 2.05) is 108 Å². The van der Waals surface area contributed by atoms with Crippen molar-refractivity contribution in [2.45, 2.75) is 11.7 Å². The van der Waals surface area contributed by atoms with Crippen molar-refractivity contribution in [3.05, 3.63) is 116 Å². The van der Waals surface area contributed by atoms with Gasteiger partial charge in [-0.15, -0.1) is 16.8 Å². The monoisotopic (exact) mass is 527 g/mol. The van der Waals surface area contributed by atoms with Crippen LogP contribution in [0.5, 0.6) is 0 Å². The average molecular weight is 528 g/mol. The van der Waals surface area contributed by atoms with Gasteiger partial charge in [-0.3, -0.25) is 9.36 Å². The molecule has 0 aliphatic heterocycles. The molecule has 1 N–H and O–H groups in total. The van der Waals surface area contributed by atoms with Gasteiger partial charge in [-0.1, -0.05) is 103 Å². The first-order chi connectivity index (χ1) is 19.2. The number of carbonyl (C=O) groups excluding carboxylic acids is 1. The number of para-hydroxylation sites is 1. The van der Waals surface area contributed by atoms with Crippen LogP contribution in [0.15, 0.2) is 121 Å². The van der Waals surface area contributed by atoms with E-state index >= 15 is 0 Å². The Labute approximate surface area is 230 Å². The number of fused-ring (bicyclic) bond motifs is 2. The molecule has 2 heterocycles. The standard InChI is InChI=1S/C32H25N5OS/c1-2-19-37-31(26-20-29(23-12-4-3-5-13-23)33-28-17-9-8-16-25(26)28)35-36-32(37)39-21-30(38)34-27-18-10-14-22-11-6-7-15-24(22)27/h2-18,20H,1,19,21H2,(H,34,38). The van der Waals surface area contributed by atoms with Crippen LogP contribution in [0.1, 0.15) is 0 Å². The summed E-state index contributed by atoms with van der Waals surface area (Å²) >= 11 is 1.36. The van der Waals surface area contributed by atoms with Crippen LogP contribution in [-0.2, 0) is 11.3 Å². The number of hydrogen-bond acceptors (Lipinski definition) is 5. The van der Waals surface area contributed by atoms with E-state index in [0.717, 1.165) is 44.2 Å². The van der Waals surface area contributed by atoms with Crippen molar-refractivity contribution in [2.75, 3.05) is 11.1 Å². The Kier molecular flexibility index (Phi) is 6.89. The number of carbonyl (C=O) groups is 1. The number of aromatic nitrogens is 4. The number of rotatable bonds is 8. The molecule has 7 heteroatoms. The third-order valence-electron chi connectivity index (χ3n) is 6.45. The molecule has 2 aromatic heterocycles. The number of nitrogens with zero attached hydrogens (tertiary/aromatic N) is 4. The van der Waals surface area contributed by atoms with Gasteiger partial charge in [0, 0.05) is 34.1 Å². The molecular weight excluding hydrogens is 502 g/mol. The summed E-state index contributed by atoms with van der Waals surface area (Å²) in [5, 5.41) is 15.8. The molecule has 0 unspecified atom stereocenters. The molecule has 0 saturated heterocycles. The molecule has 0 radical (unpaired) electrons. The minimum Gasteiger partial charge on any atom is -0.325 e. The Balaban J connectivity index is 1.31. The maximum absolute atomic E-state index is 12.9. The molecule has 39 heavy (non-hydrogen) atoms. The zero-order valence-electron chi connectivity index (χ0n) is 21.1. The lowest BCUT2D eigenvalue weighted by Crippen LogP contribution is -2.15. The summed E-state index contributed by atoms with van der Waals surface area (Å²) < 4.78 is 2.00. The predicted molar refractivity (Wildman–Crippen MR) is 160 cm³/mol. The van der Waals surface area contributed by atoms with E-state index in [-0.39, 0.29) is 11.7 Å². The predicted octanol–water partition coefficient (Wildman–Crippen LogP) is 7.23. The van der Waals surface area contributed by atoms with Crippen LogP contribution in [0.3, 0.4) is 0 Å². The molecular formula is C32H25N5OS. The number of allylic oxidation sites excluding steroid dienone is 1. The van der Waals surface area contributed by atoms with Crippen LogP contribution < -0.4 is 5.32 Å². The Morgan fingerprint density at radius 3 is 2.46 bits per heavy atom. The third-order valence-corrected chi connectivity index (χ3v) is 7.42. The quantitative estimate of drug-likeness (QED) is 0.167. The van der Waals surface area contributed by atoms with Crippen LogP contribution in [0.2, 0.25) is 0 Å². The largest absolute Gasteiger partial charge is 0.325 e. The van der Waals surface area contributed by atoms with Crippen LogP contribution in [0, 0.1) is 0 Å². The van der Waals surface area contributed by atoms with E-state index in [4.69, 9.17) is 4.98 Å². The van der Waals surface area contributed by atoms with E-state index in [1.165, 1.54) is 11.8 Å². The lowest BCUT2D eigenvalue weighted by Gasteiger charge is -2.12. The normalized spacial score (nSPS) is 11.1. The fourth-order valence-electron chi connectivity index (χ4n) is 4.66. The minimum atomic E-state index is -0.105. The maximum Gasteiger partial charge on any atom is 0.234 e. The van der Waals surface area contributed by atoms with Crippen LogP contribution >= 0.6 is 11.8 Å². The highest BCUT2D eigenvalue weighted by Crippen LogP contribution is 2.33. The number of amides is 1. The lowest BCUT2D eigenvalue weighted by atomic mass is 10.0. The molecule has 4 aromatic carbocycles. The highest BCUT2D eigenvalue weighted by atomic mass is 32.2. The molecule has 6 aromatic rings. The van der Waals surface area contributed by atoms with Crippen LogP contribution in [0.25, 0.3) is 44.3 Å². The molecule has 0 aliphatic rings. The second-order valence-electron chi connectivity index (χ2n) is 9.01. The van der Waals surface area contributed by atoms with E-state index < -0.39 is 0 Å². The van der Waals surface area contributed by atoms with E-state index in [9.17, 15) is 4.79 Å². The van der Waals surface area contributed by atoms with Crippen molar-refractivity contribution in [2.24, 2.45) is 0 Å². The molecule has 0 bridgehead atoms. The number of hydrogen-bond donors (Lipinski definition) is 1. The number of thioether (sulfide) groups is 1. The maximum atomic E-state index is 12.9. The van der Waals surface area contributed by atoms with Crippen molar-refractivity contribution in [1.82, 2.24) is 19.7 Å². The number of benzene rings is 4. The van der Waals surface area contributed by atoms with E-state index in [2.05, 4.69) is 28.2 Å². The van der Waals surface area contributed by atoms with Gasteiger partial charge in [0.1, 0.15) is 0 Å². The molecule has 6 nitrogen and oxygen atoms in total. The molecule has 0 fully saturated rings. The smallest absolute Gasteiger partial charge is 0.234 e. The summed E-state index contributed by atoms with van der Waals surface area (Å²) in [5.74, 6) is 0.805. The van der Waals surface area contributed by atoms with Crippen molar-refractivity contribution >= 4 is 45.0 Å². The molecule has 0 spiro atoms. The summed E-state index contributed by atoms with van der Waals surface area (Å²) in [5.41, 5.74) is 4.50. The van der Waals surface area contributed by atoms with Crippen LogP contribution in [0.4, 0.5) is 5.69 Å². The first kappa shape index (κ1) is 24.6. The number of nitrogens with one attached hydrogen (secondary N) is 1. The SMILES string of the molecule is C=CCn1c(SCC(=O)Nc2cccc3ccccc23)nnc1-c1cc(-c2ccccc2)nc2ccccc12. The van der Waals surface area contributed by atoms with Gasteiger partial charge in [0.2, 0.25) is 5.91 Å². The molecule has 1 amide bonds. The van der Waals surface area contributed by atoms with Crippen molar-refractivity contribution < 1.29 is 4.79 Å². The fraction of sp³-hybridized carbons (Fsp3) is 0.0625. The van der Waals surface area contributed by atoms with Crippen LogP contribution in [-0.4, -0.2) is 31.4 Å². The lowest BCUT2D eigenvalue weighted by molar-refractivity contribution is -0.113. The van der Waals surface area contributed by atoms with Crippen molar-refractivity contribution in [3.8, 4) is 22.6 Å². The number of anilines is 1. The zero-order chi connectivity index (χ0) is 26.6. The van der Waals surface area contributed by atoms with Gasteiger partial charge in [-0.2, -0.15) is 0 Å². The number of pyridine rings is 1. The average Bonchev–Trinajstić information content (AvgIpc) is 3.38. The Bertz CT molecular complexity index is 1810. The van der Waals surface area contributed by atoms with Gasteiger partial charge in [0.15, 0.2) is 11.0 Å².